The van der Waals surface area contributed by atoms with E-state index in [9.17, 15) is 8.78 Å². The molecule has 38 heavy (non-hydrogen) atoms. The zero-order valence-corrected chi connectivity index (χ0v) is 22.6. The molecule has 3 aromatic rings. The van der Waals surface area contributed by atoms with Crippen LogP contribution in [-0.4, -0.2) is 0 Å². The number of hydrogen-bond donors (Lipinski definition) is 0. The van der Waals surface area contributed by atoms with Gasteiger partial charge in [0.1, 0.15) is 0 Å². The lowest BCUT2D eigenvalue weighted by molar-refractivity contribution is 0.422. The first-order valence-corrected chi connectivity index (χ1v) is 14.2. The highest BCUT2D eigenvalue weighted by molar-refractivity contribution is 5.74. The van der Waals surface area contributed by atoms with Crippen LogP contribution in [0.3, 0.4) is 0 Å². The summed E-state index contributed by atoms with van der Waals surface area (Å²) in [5.41, 5.74) is 2.86. The summed E-state index contributed by atoms with van der Waals surface area (Å²) in [6.07, 6.45) is 13.6. The van der Waals surface area contributed by atoms with Crippen molar-refractivity contribution in [3.05, 3.63) is 89.0 Å². The molecule has 0 saturated carbocycles. The molecule has 1 atom stereocenters. The monoisotopic (exact) mass is 522 g/mol. The van der Waals surface area contributed by atoms with Gasteiger partial charge in [0.15, 0.2) is 23.3 Å². The van der Waals surface area contributed by atoms with E-state index in [1.807, 2.05) is 6.92 Å². The van der Waals surface area contributed by atoms with Gasteiger partial charge in [-0.25, -0.2) is 17.6 Å². The molecule has 1 aliphatic carbocycles. The number of aryl methyl sites for hydroxylation is 1. The fraction of sp³-hybridized carbons (Fsp3) is 0.412. The van der Waals surface area contributed by atoms with E-state index in [2.05, 4.69) is 13.0 Å². The van der Waals surface area contributed by atoms with Crippen molar-refractivity contribution in [3.63, 3.8) is 0 Å². The van der Waals surface area contributed by atoms with Gasteiger partial charge in [0.25, 0.3) is 0 Å². The molecule has 3 aromatic carbocycles. The van der Waals surface area contributed by atoms with Gasteiger partial charge < -0.3 is 0 Å². The number of hydrogen-bond acceptors (Lipinski definition) is 0. The highest BCUT2D eigenvalue weighted by Gasteiger charge is 2.21. The first-order chi connectivity index (χ1) is 18.4. The number of rotatable bonds is 11. The average Bonchev–Trinajstić information content (AvgIpc) is 2.93. The number of halogens is 4. The molecule has 0 N–H and O–H groups in total. The van der Waals surface area contributed by atoms with Gasteiger partial charge in [-0.3, -0.25) is 0 Å². The Morgan fingerprint density at radius 2 is 1.21 bits per heavy atom. The van der Waals surface area contributed by atoms with Gasteiger partial charge >= 0.3 is 0 Å². The maximum atomic E-state index is 15.2. The third-order valence-corrected chi connectivity index (χ3v) is 7.85. The van der Waals surface area contributed by atoms with Crippen LogP contribution >= 0.6 is 0 Å². The van der Waals surface area contributed by atoms with Crippen molar-refractivity contribution >= 4 is 5.57 Å². The van der Waals surface area contributed by atoms with Gasteiger partial charge in [-0.15, -0.1) is 0 Å². The molecule has 0 aromatic heterocycles. The summed E-state index contributed by atoms with van der Waals surface area (Å²) in [6, 6.07) is 12.9. The van der Waals surface area contributed by atoms with Crippen LogP contribution < -0.4 is 0 Å². The van der Waals surface area contributed by atoms with Gasteiger partial charge in [-0.05, 0) is 53.9 Å². The van der Waals surface area contributed by atoms with Crippen LogP contribution in [0.25, 0.3) is 27.8 Å². The maximum absolute atomic E-state index is 15.2. The minimum atomic E-state index is -0.884. The lowest BCUT2D eigenvalue weighted by atomic mass is 9.83. The molecule has 0 heterocycles. The Kier molecular flexibility index (Phi) is 9.82. The van der Waals surface area contributed by atoms with Crippen molar-refractivity contribution in [2.45, 2.75) is 84.5 Å². The molecule has 1 unspecified atom stereocenters. The average molecular weight is 523 g/mol. The van der Waals surface area contributed by atoms with Crippen molar-refractivity contribution in [1.29, 1.82) is 0 Å². The van der Waals surface area contributed by atoms with Crippen molar-refractivity contribution in [2.24, 2.45) is 5.92 Å². The van der Waals surface area contributed by atoms with Crippen LogP contribution in [0.5, 0.6) is 0 Å². The molecule has 0 spiro atoms. The number of unbranched alkanes of at least 4 members (excludes halogenated alkanes) is 4. The molecule has 4 heteroatoms. The Bertz CT molecular complexity index is 1260. The van der Waals surface area contributed by atoms with E-state index in [0.717, 1.165) is 31.3 Å². The Labute approximate surface area is 224 Å². The van der Waals surface area contributed by atoms with Crippen LogP contribution in [-0.2, 0) is 6.42 Å². The van der Waals surface area contributed by atoms with Crippen LogP contribution in [0.2, 0.25) is 0 Å². The summed E-state index contributed by atoms with van der Waals surface area (Å²) in [5, 5.41) is 0. The minimum Gasteiger partial charge on any atom is -0.203 e. The zero-order chi connectivity index (χ0) is 27.1. The standard InChI is InChI=1S/C34H38F4/c1-3-5-6-7-8-10-23-11-13-24(14-12-23)29-21-22-30(34(38)33(29)37)26-17-15-25(16-18-26)28-20-19-27(9-4-2)31(35)32(28)36/h13,15-23H,3-12,14H2,1-2H3. The number of allylic oxidation sites excluding steroid dienone is 2. The first kappa shape index (κ1) is 28.1. The minimum absolute atomic E-state index is 0.152. The molecular formula is C34H38F4. The Hall–Kier alpha value is -2.88. The van der Waals surface area contributed by atoms with E-state index < -0.39 is 23.3 Å². The van der Waals surface area contributed by atoms with Crippen LogP contribution in [0.4, 0.5) is 17.6 Å². The Balaban J connectivity index is 1.47. The van der Waals surface area contributed by atoms with Crippen molar-refractivity contribution < 1.29 is 17.6 Å². The molecular weight excluding hydrogens is 484 g/mol. The summed E-state index contributed by atoms with van der Waals surface area (Å²) in [6.45, 7) is 4.13. The smallest absolute Gasteiger partial charge is 0.167 e. The summed E-state index contributed by atoms with van der Waals surface area (Å²) < 4.78 is 59.5. The molecule has 0 amide bonds. The van der Waals surface area contributed by atoms with E-state index in [-0.39, 0.29) is 11.1 Å². The lowest BCUT2D eigenvalue weighted by Gasteiger charge is -2.22. The van der Waals surface area contributed by atoms with E-state index in [4.69, 9.17) is 0 Å². The third-order valence-electron chi connectivity index (χ3n) is 7.85. The van der Waals surface area contributed by atoms with Crippen molar-refractivity contribution in [3.8, 4) is 22.3 Å². The van der Waals surface area contributed by atoms with Gasteiger partial charge in [-0.2, -0.15) is 0 Å². The predicted molar refractivity (Wildman–Crippen MR) is 150 cm³/mol. The number of benzene rings is 3. The summed E-state index contributed by atoms with van der Waals surface area (Å²) in [7, 11) is 0. The van der Waals surface area contributed by atoms with E-state index in [0.29, 0.717) is 34.6 Å². The highest BCUT2D eigenvalue weighted by atomic mass is 19.2. The molecule has 0 bridgehead atoms. The summed E-state index contributed by atoms with van der Waals surface area (Å²) in [4.78, 5) is 0. The largest absolute Gasteiger partial charge is 0.203 e. The second-order valence-electron chi connectivity index (χ2n) is 10.6. The lowest BCUT2D eigenvalue weighted by Crippen LogP contribution is -2.07. The van der Waals surface area contributed by atoms with Crippen LogP contribution in [0, 0.1) is 29.2 Å². The fourth-order valence-electron chi connectivity index (χ4n) is 5.56. The van der Waals surface area contributed by atoms with Crippen molar-refractivity contribution in [2.75, 3.05) is 0 Å². The van der Waals surface area contributed by atoms with Crippen LogP contribution in [0.15, 0.2) is 54.6 Å². The second-order valence-corrected chi connectivity index (χ2v) is 10.6. The molecule has 0 nitrogen and oxygen atoms in total. The van der Waals surface area contributed by atoms with Gasteiger partial charge in [0.05, 0.1) is 0 Å². The van der Waals surface area contributed by atoms with Gasteiger partial charge in [0.2, 0.25) is 0 Å². The molecule has 4 rings (SSSR count). The van der Waals surface area contributed by atoms with E-state index in [1.54, 1.807) is 48.5 Å². The normalized spacial score (nSPS) is 15.5. The summed E-state index contributed by atoms with van der Waals surface area (Å²) in [5.74, 6) is -2.78. The Morgan fingerprint density at radius 1 is 0.632 bits per heavy atom. The fourth-order valence-corrected chi connectivity index (χ4v) is 5.56. The zero-order valence-electron chi connectivity index (χ0n) is 22.6. The van der Waals surface area contributed by atoms with Gasteiger partial charge in [-0.1, -0.05) is 113 Å². The SMILES string of the molecule is CCCCCCCC1CC=C(c2ccc(-c3ccc(-c4ccc(CCC)c(F)c4F)cc3)c(F)c2F)CC1. The van der Waals surface area contributed by atoms with Crippen LogP contribution in [0.1, 0.15) is 89.2 Å². The molecule has 1 aliphatic rings. The topological polar surface area (TPSA) is 0 Å². The van der Waals surface area contributed by atoms with E-state index in [1.165, 1.54) is 38.5 Å². The molecule has 0 fully saturated rings. The van der Waals surface area contributed by atoms with E-state index >= 15 is 8.78 Å². The Morgan fingerprint density at radius 3 is 1.82 bits per heavy atom. The quantitative estimate of drug-likeness (QED) is 0.173. The van der Waals surface area contributed by atoms with Crippen molar-refractivity contribution in [1.82, 2.24) is 0 Å². The molecule has 202 valence electrons. The van der Waals surface area contributed by atoms with Gasteiger partial charge in [0, 0.05) is 16.7 Å². The first-order valence-electron chi connectivity index (χ1n) is 14.2. The molecule has 0 saturated heterocycles. The molecule has 0 aliphatic heterocycles. The second kappa shape index (κ2) is 13.3. The highest BCUT2D eigenvalue weighted by Crippen LogP contribution is 2.37. The maximum Gasteiger partial charge on any atom is 0.167 e. The molecule has 0 radical (unpaired) electrons. The summed E-state index contributed by atoms with van der Waals surface area (Å²) >= 11 is 0. The third kappa shape index (κ3) is 6.39. The predicted octanol–water partition coefficient (Wildman–Crippen LogP) is 11.1.